The van der Waals surface area contributed by atoms with Gasteiger partial charge in [-0.25, -0.2) is 9.78 Å². The maximum atomic E-state index is 12.2. The maximum absolute atomic E-state index is 12.2. The van der Waals surface area contributed by atoms with Crippen LogP contribution in [0.2, 0.25) is 0 Å². The number of amides is 1. The molecule has 1 aliphatic rings. The third-order valence-electron chi connectivity index (χ3n) is 2.75. The van der Waals surface area contributed by atoms with Crippen LogP contribution < -0.4 is 0 Å². The molecule has 0 radical (unpaired) electrons. The molecule has 1 amide bonds. The summed E-state index contributed by atoms with van der Waals surface area (Å²) in [6.45, 7) is 0.651. The fourth-order valence-corrected chi connectivity index (χ4v) is 1.83. The number of carbonyl (C=O) groups is 2. The van der Waals surface area contributed by atoms with Crippen LogP contribution in [0.5, 0.6) is 0 Å². The van der Waals surface area contributed by atoms with Crippen molar-refractivity contribution < 1.29 is 24.5 Å². The number of ether oxygens (including phenoxy) is 1. The molecular weight excluding hydrogens is 242 g/mol. The van der Waals surface area contributed by atoms with Gasteiger partial charge in [0.15, 0.2) is 11.4 Å². The highest BCUT2D eigenvalue weighted by Crippen LogP contribution is 2.13. The van der Waals surface area contributed by atoms with Crippen molar-refractivity contribution in [2.45, 2.75) is 6.04 Å². The molecule has 1 atom stereocenters. The number of carboxylic acids is 1. The van der Waals surface area contributed by atoms with Crippen LogP contribution in [0.15, 0.2) is 6.33 Å². The van der Waals surface area contributed by atoms with E-state index in [1.54, 1.807) is 0 Å². The lowest BCUT2D eigenvalue weighted by atomic mass is 10.2. The van der Waals surface area contributed by atoms with Crippen molar-refractivity contribution in [3.8, 4) is 0 Å². The highest BCUT2D eigenvalue weighted by atomic mass is 16.5. The quantitative estimate of drug-likeness (QED) is 0.634. The Hall–Kier alpha value is -1.93. The number of aromatic carboxylic acids is 1. The first kappa shape index (κ1) is 12.5. The fourth-order valence-electron chi connectivity index (χ4n) is 1.83. The van der Waals surface area contributed by atoms with Gasteiger partial charge in [-0.05, 0) is 0 Å². The van der Waals surface area contributed by atoms with Gasteiger partial charge in [-0.1, -0.05) is 0 Å². The lowest BCUT2D eigenvalue weighted by Gasteiger charge is -2.34. The summed E-state index contributed by atoms with van der Waals surface area (Å²) in [5.41, 5.74) is -0.397. The van der Waals surface area contributed by atoms with Crippen LogP contribution in [0.4, 0.5) is 0 Å². The Morgan fingerprint density at radius 2 is 2.39 bits per heavy atom. The van der Waals surface area contributed by atoms with Crippen LogP contribution in [0.3, 0.4) is 0 Å². The van der Waals surface area contributed by atoms with Gasteiger partial charge in [0.1, 0.15) is 0 Å². The van der Waals surface area contributed by atoms with E-state index >= 15 is 0 Å². The molecule has 1 unspecified atom stereocenters. The van der Waals surface area contributed by atoms with Gasteiger partial charge >= 0.3 is 5.97 Å². The number of rotatable bonds is 3. The third-order valence-corrected chi connectivity index (χ3v) is 2.75. The van der Waals surface area contributed by atoms with Crippen molar-refractivity contribution in [2.75, 3.05) is 26.4 Å². The summed E-state index contributed by atoms with van der Waals surface area (Å²) in [4.78, 5) is 30.6. The fraction of sp³-hybridized carbons (Fsp3) is 0.500. The van der Waals surface area contributed by atoms with Gasteiger partial charge in [0.25, 0.3) is 5.91 Å². The zero-order chi connectivity index (χ0) is 13.1. The van der Waals surface area contributed by atoms with Gasteiger partial charge in [0.2, 0.25) is 0 Å². The monoisotopic (exact) mass is 255 g/mol. The van der Waals surface area contributed by atoms with E-state index in [1.165, 1.54) is 4.90 Å². The normalized spacial score (nSPS) is 19.8. The van der Waals surface area contributed by atoms with Crippen LogP contribution in [0.25, 0.3) is 0 Å². The number of aromatic nitrogens is 2. The van der Waals surface area contributed by atoms with Crippen molar-refractivity contribution in [3.05, 3.63) is 17.7 Å². The predicted molar refractivity (Wildman–Crippen MR) is 58.3 cm³/mol. The number of imidazole rings is 1. The minimum atomic E-state index is -1.25. The van der Waals surface area contributed by atoms with E-state index in [4.69, 9.17) is 14.9 Å². The summed E-state index contributed by atoms with van der Waals surface area (Å²) in [5.74, 6) is -1.76. The van der Waals surface area contributed by atoms with Gasteiger partial charge in [-0.3, -0.25) is 4.79 Å². The molecular formula is C10H13N3O5. The Kier molecular flexibility index (Phi) is 3.58. The number of morpholine rings is 1. The van der Waals surface area contributed by atoms with E-state index in [0.29, 0.717) is 13.2 Å². The number of carbonyl (C=O) groups excluding carboxylic acids is 1. The molecule has 1 aliphatic heterocycles. The molecule has 98 valence electrons. The second-order valence-corrected chi connectivity index (χ2v) is 3.84. The van der Waals surface area contributed by atoms with Crippen molar-refractivity contribution in [3.63, 3.8) is 0 Å². The molecule has 8 nitrogen and oxygen atoms in total. The van der Waals surface area contributed by atoms with Crippen molar-refractivity contribution in [1.29, 1.82) is 0 Å². The first-order chi connectivity index (χ1) is 8.65. The largest absolute Gasteiger partial charge is 0.477 e. The number of hydrogen-bond acceptors (Lipinski definition) is 5. The van der Waals surface area contributed by atoms with Crippen molar-refractivity contribution in [2.24, 2.45) is 0 Å². The molecule has 0 aliphatic carbocycles. The zero-order valence-electron chi connectivity index (χ0n) is 9.50. The number of aliphatic hydroxyl groups excluding tert-OH is 1. The predicted octanol–water partition coefficient (Wildman–Crippen LogP) is -1.06. The SMILES string of the molecule is O=C(O)c1[nH]cnc1C(=O)N1CCOCC1CO. The molecule has 0 bridgehead atoms. The Bertz CT molecular complexity index is 458. The summed E-state index contributed by atoms with van der Waals surface area (Å²) >= 11 is 0. The summed E-state index contributed by atoms with van der Waals surface area (Å²) < 4.78 is 5.15. The Balaban J connectivity index is 2.24. The molecule has 0 spiro atoms. The standard InChI is InChI=1S/C10H13N3O5/c14-3-6-4-18-2-1-13(6)9(15)7-8(10(16)17)12-5-11-7/h5-6,14H,1-4H2,(H,11,12)(H,16,17). The molecule has 1 fully saturated rings. The average molecular weight is 255 g/mol. The molecule has 3 N–H and O–H groups in total. The first-order valence-electron chi connectivity index (χ1n) is 5.41. The average Bonchev–Trinajstić information content (AvgIpc) is 2.87. The number of nitrogens with zero attached hydrogens (tertiary/aromatic N) is 2. The van der Waals surface area contributed by atoms with Gasteiger partial charge < -0.3 is 24.8 Å². The number of aliphatic hydroxyl groups is 1. The minimum Gasteiger partial charge on any atom is -0.477 e. The second kappa shape index (κ2) is 5.15. The van der Waals surface area contributed by atoms with Gasteiger partial charge in [0.05, 0.1) is 32.2 Å². The number of carboxylic acid groups (broad SMARTS) is 1. The van der Waals surface area contributed by atoms with Crippen LogP contribution >= 0.6 is 0 Å². The van der Waals surface area contributed by atoms with E-state index < -0.39 is 17.9 Å². The molecule has 1 aromatic heterocycles. The van der Waals surface area contributed by atoms with E-state index in [0.717, 1.165) is 6.33 Å². The topological polar surface area (TPSA) is 116 Å². The molecule has 0 aromatic carbocycles. The molecule has 2 rings (SSSR count). The van der Waals surface area contributed by atoms with Crippen LogP contribution in [-0.4, -0.2) is 69.4 Å². The van der Waals surface area contributed by atoms with E-state index in [1.807, 2.05) is 0 Å². The lowest BCUT2D eigenvalue weighted by Crippen LogP contribution is -2.50. The van der Waals surface area contributed by atoms with Gasteiger partial charge in [0, 0.05) is 6.54 Å². The highest BCUT2D eigenvalue weighted by molar-refractivity contribution is 6.02. The highest BCUT2D eigenvalue weighted by Gasteiger charge is 2.31. The second-order valence-electron chi connectivity index (χ2n) is 3.84. The van der Waals surface area contributed by atoms with Gasteiger partial charge in [-0.15, -0.1) is 0 Å². The molecule has 2 heterocycles. The smallest absolute Gasteiger partial charge is 0.354 e. The van der Waals surface area contributed by atoms with Crippen LogP contribution in [0.1, 0.15) is 21.0 Å². The van der Waals surface area contributed by atoms with Crippen molar-refractivity contribution >= 4 is 11.9 Å². The zero-order valence-corrected chi connectivity index (χ0v) is 9.50. The Labute approximate surface area is 102 Å². The molecule has 18 heavy (non-hydrogen) atoms. The number of nitrogens with one attached hydrogen (secondary N) is 1. The summed E-state index contributed by atoms with van der Waals surface area (Å²) in [6.07, 6.45) is 1.16. The molecule has 1 aromatic rings. The van der Waals surface area contributed by atoms with Crippen LogP contribution in [-0.2, 0) is 4.74 Å². The lowest BCUT2D eigenvalue weighted by molar-refractivity contribution is -0.0187. The van der Waals surface area contributed by atoms with Crippen molar-refractivity contribution in [1.82, 2.24) is 14.9 Å². The first-order valence-corrected chi connectivity index (χ1v) is 5.41. The Morgan fingerprint density at radius 3 is 3.06 bits per heavy atom. The summed E-state index contributed by atoms with van der Waals surface area (Å²) in [5, 5.41) is 18.1. The van der Waals surface area contributed by atoms with Crippen LogP contribution in [0, 0.1) is 0 Å². The third kappa shape index (κ3) is 2.20. The maximum Gasteiger partial charge on any atom is 0.354 e. The molecule has 1 saturated heterocycles. The van der Waals surface area contributed by atoms with Gasteiger partial charge in [-0.2, -0.15) is 0 Å². The van der Waals surface area contributed by atoms with E-state index in [9.17, 15) is 9.59 Å². The number of hydrogen-bond donors (Lipinski definition) is 3. The summed E-state index contributed by atoms with van der Waals surface area (Å²) in [6, 6.07) is -0.468. The van der Waals surface area contributed by atoms with E-state index in [2.05, 4.69) is 9.97 Å². The minimum absolute atomic E-state index is 0.150. The molecule has 8 heteroatoms. The molecule has 0 saturated carbocycles. The summed E-state index contributed by atoms with van der Waals surface area (Å²) in [7, 11) is 0. The van der Waals surface area contributed by atoms with E-state index in [-0.39, 0.29) is 24.6 Å². The Morgan fingerprint density at radius 1 is 1.61 bits per heavy atom. The number of H-pyrrole nitrogens is 1. The number of aromatic amines is 1.